The van der Waals surface area contributed by atoms with Gasteiger partial charge in [-0.05, 0) is 46.3 Å². The highest BCUT2D eigenvalue weighted by Crippen LogP contribution is 2.19. The molecule has 1 atom stereocenters. The Morgan fingerprint density at radius 2 is 2.22 bits per heavy atom. The van der Waals surface area contributed by atoms with E-state index >= 15 is 0 Å². The van der Waals surface area contributed by atoms with Gasteiger partial charge in [-0.1, -0.05) is 18.2 Å². The van der Waals surface area contributed by atoms with Crippen LogP contribution in [0.4, 0.5) is 0 Å². The highest BCUT2D eigenvalue weighted by Gasteiger charge is 2.18. The van der Waals surface area contributed by atoms with Crippen molar-refractivity contribution in [3.8, 4) is 0 Å². The van der Waals surface area contributed by atoms with Gasteiger partial charge in [0.05, 0.1) is 22.6 Å². The molecule has 0 spiro atoms. The number of aromatic nitrogens is 1. The number of benzene rings is 1. The number of rotatable bonds is 2. The minimum Gasteiger partial charge on any atom is -0.376 e. The second-order valence-electron chi connectivity index (χ2n) is 4.60. The van der Waals surface area contributed by atoms with Crippen LogP contribution >= 0.6 is 15.9 Å². The fraction of sp³-hybridized carbons (Fsp3) is 0.357. The maximum atomic E-state index is 12.2. The van der Waals surface area contributed by atoms with Crippen molar-refractivity contribution in [3.63, 3.8) is 0 Å². The topological polar surface area (TPSA) is 31.2 Å². The quantitative estimate of drug-likeness (QED) is 0.854. The average molecular weight is 308 g/mol. The van der Waals surface area contributed by atoms with Crippen LogP contribution in [0.25, 0.3) is 10.9 Å². The highest BCUT2D eigenvalue weighted by molar-refractivity contribution is 9.10. The SMILES string of the molecule is O=c1c(Br)cc2ccccc2n1CC1CCCO1. The van der Waals surface area contributed by atoms with Crippen molar-refractivity contribution in [2.45, 2.75) is 25.5 Å². The molecule has 1 aliphatic heterocycles. The summed E-state index contributed by atoms with van der Waals surface area (Å²) >= 11 is 3.34. The molecule has 0 N–H and O–H groups in total. The Balaban J connectivity index is 2.12. The van der Waals surface area contributed by atoms with Crippen LogP contribution in [0.2, 0.25) is 0 Å². The summed E-state index contributed by atoms with van der Waals surface area (Å²) in [5.41, 5.74) is 0.991. The number of hydrogen-bond donors (Lipinski definition) is 0. The molecule has 1 saturated heterocycles. The maximum Gasteiger partial charge on any atom is 0.265 e. The van der Waals surface area contributed by atoms with Crippen LogP contribution in [0.15, 0.2) is 39.6 Å². The monoisotopic (exact) mass is 307 g/mol. The van der Waals surface area contributed by atoms with Gasteiger partial charge in [0.2, 0.25) is 0 Å². The summed E-state index contributed by atoms with van der Waals surface area (Å²) in [6.45, 7) is 1.45. The molecule has 0 radical (unpaired) electrons. The molecule has 0 saturated carbocycles. The second kappa shape index (κ2) is 4.86. The largest absolute Gasteiger partial charge is 0.376 e. The van der Waals surface area contributed by atoms with Crippen molar-refractivity contribution in [3.05, 3.63) is 45.2 Å². The van der Waals surface area contributed by atoms with E-state index in [9.17, 15) is 4.79 Å². The van der Waals surface area contributed by atoms with E-state index in [0.717, 1.165) is 30.4 Å². The van der Waals surface area contributed by atoms with Gasteiger partial charge >= 0.3 is 0 Å². The van der Waals surface area contributed by atoms with Gasteiger partial charge in [0.25, 0.3) is 5.56 Å². The van der Waals surface area contributed by atoms with Crippen molar-refractivity contribution in [2.24, 2.45) is 0 Å². The Morgan fingerprint density at radius 1 is 1.39 bits per heavy atom. The number of nitrogens with zero attached hydrogens (tertiary/aromatic N) is 1. The predicted octanol–water partition coefficient (Wildman–Crippen LogP) is 2.94. The Bertz CT molecular complexity index is 629. The van der Waals surface area contributed by atoms with Crippen molar-refractivity contribution < 1.29 is 4.74 Å². The third-order valence-corrected chi connectivity index (χ3v) is 3.94. The summed E-state index contributed by atoms with van der Waals surface area (Å²) in [5, 5.41) is 1.07. The number of para-hydroxylation sites is 1. The van der Waals surface area contributed by atoms with Crippen LogP contribution in [-0.4, -0.2) is 17.3 Å². The molecule has 0 aliphatic carbocycles. The first-order chi connectivity index (χ1) is 8.75. The van der Waals surface area contributed by atoms with E-state index in [4.69, 9.17) is 4.74 Å². The van der Waals surface area contributed by atoms with Crippen LogP contribution in [0, 0.1) is 0 Å². The lowest BCUT2D eigenvalue weighted by Crippen LogP contribution is -2.27. The zero-order valence-electron chi connectivity index (χ0n) is 9.93. The van der Waals surface area contributed by atoms with Gasteiger partial charge in [-0.3, -0.25) is 4.79 Å². The Labute approximate surface area is 114 Å². The van der Waals surface area contributed by atoms with Gasteiger partial charge in [0.15, 0.2) is 0 Å². The van der Waals surface area contributed by atoms with Gasteiger partial charge in [0.1, 0.15) is 0 Å². The average Bonchev–Trinajstić information content (AvgIpc) is 2.88. The Hall–Kier alpha value is -1.13. The van der Waals surface area contributed by atoms with Gasteiger partial charge in [-0.15, -0.1) is 0 Å². The molecule has 94 valence electrons. The molecule has 2 aromatic rings. The third kappa shape index (κ3) is 2.10. The summed E-state index contributed by atoms with van der Waals surface area (Å²) in [5.74, 6) is 0. The van der Waals surface area contributed by atoms with Gasteiger partial charge in [-0.2, -0.15) is 0 Å². The van der Waals surface area contributed by atoms with Gasteiger partial charge < -0.3 is 9.30 Å². The molecule has 2 heterocycles. The first-order valence-electron chi connectivity index (χ1n) is 6.15. The molecule has 0 bridgehead atoms. The summed E-state index contributed by atoms with van der Waals surface area (Å²) in [6.07, 6.45) is 2.29. The van der Waals surface area contributed by atoms with E-state index in [2.05, 4.69) is 15.9 Å². The number of halogens is 1. The fourth-order valence-corrected chi connectivity index (χ4v) is 2.93. The molecule has 1 unspecified atom stereocenters. The molecule has 4 heteroatoms. The summed E-state index contributed by atoms with van der Waals surface area (Å²) in [6, 6.07) is 9.82. The lowest BCUT2D eigenvalue weighted by Gasteiger charge is -2.15. The molecule has 3 nitrogen and oxygen atoms in total. The molecule has 3 rings (SSSR count). The van der Waals surface area contributed by atoms with E-state index in [1.807, 2.05) is 34.9 Å². The lowest BCUT2D eigenvalue weighted by atomic mass is 10.2. The van der Waals surface area contributed by atoms with Gasteiger partial charge in [0, 0.05) is 6.61 Å². The number of fused-ring (bicyclic) bond motifs is 1. The minimum absolute atomic E-state index is 0.0178. The van der Waals surface area contributed by atoms with Crippen molar-refractivity contribution in [1.29, 1.82) is 0 Å². The van der Waals surface area contributed by atoms with E-state index in [1.165, 1.54) is 0 Å². The molecular formula is C14H14BrNO2. The van der Waals surface area contributed by atoms with Crippen LogP contribution in [-0.2, 0) is 11.3 Å². The number of pyridine rings is 1. The predicted molar refractivity (Wildman–Crippen MR) is 74.9 cm³/mol. The van der Waals surface area contributed by atoms with Crippen LogP contribution in [0.3, 0.4) is 0 Å². The number of ether oxygens (including phenoxy) is 1. The normalized spacial score (nSPS) is 19.5. The summed E-state index contributed by atoms with van der Waals surface area (Å²) in [7, 11) is 0. The van der Waals surface area contributed by atoms with Crippen molar-refractivity contribution in [1.82, 2.24) is 4.57 Å². The summed E-state index contributed by atoms with van der Waals surface area (Å²) in [4.78, 5) is 12.2. The van der Waals surface area contributed by atoms with E-state index in [1.54, 1.807) is 0 Å². The minimum atomic E-state index is 0.0178. The van der Waals surface area contributed by atoms with E-state index in [-0.39, 0.29) is 11.7 Å². The first kappa shape index (κ1) is 11.9. The Kier molecular flexibility index (Phi) is 3.22. The Morgan fingerprint density at radius 3 is 3.00 bits per heavy atom. The molecule has 1 fully saturated rings. The fourth-order valence-electron chi connectivity index (χ4n) is 2.47. The summed E-state index contributed by atoms with van der Waals surface area (Å²) < 4.78 is 8.05. The highest BCUT2D eigenvalue weighted by atomic mass is 79.9. The van der Waals surface area contributed by atoms with Crippen molar-refractivity contribution in [2.75, 3.05) is 6.61 Å². The van der Waals surface area contributed by atoms with Gasteiger partial charge in [-0.25, -0.2) is 0 Å². The molecule has 0 amide bonds. The molecular weight excluding hydrogens is 294 g/mol. The van der Waals surface area contributed by atoms with E-state index in [0.29, 0.717) is 11.0 Å². The van der Waals surface area contributed by atoms with Crippen LogP contribution < -0.4 is 5.56 Å². The van der Waals surface area contributed by atoms with E-state index < -0.39 is 0 Å². The molecule has 1 aromatic carbocycles. The standard InChI is InChI=1S/C14H14BrNO2/c15-12-8-10-4-1-2-6-13(10)16(14(12)17)9-11-5-3-7-18-11/h1-2,4,6,8,11H,3,5,7,9H2. The smallest absolute Gasteiger partial charge is 0.265 e. The third-order valence-electron chi connectivity index (χ3n) is 3.37. The molecule has 18 heavy (non-hydrogen) atoms. The van der Waals surface area contributed by atoms with Crippen molar-refractivity contribution >= 4 is 26.8 Å². The molecule has 1 aromatic heterocycles. The number of hydrogen-bond acceptors (Lipinski definition) is 2. The van der Waals surface area contributed by atoms with Crippen LogP contribution in [0.1, 0.15) is 12.8 Å². The lowest BCUT2D eigenvalue weighted by molar-refractivity contribution is 0.0972. The zero-order valence-corrected chi connectivity index (χ0v) is 11.5. The maximum absolute atomic E-state index is 12.2. The first-order valence-corrected chi connectivity index (χ1v) is 6.95. The molecule has 1 aliphatic rings. The second-order valence-corrected chi connectivity index (χ2v) is 5.46. The van der Waals surface area contributed by atoms with Crippen LogP contribution in [0.5, 0.6) is 0 Å². The zero-order chi connectivity index (χ0) is 12.5.